The molecule has 5 nitrogen and oxygen atoms in total. The molecule has 2 rings (SSSR count). The zero-order chi connectivity index (χ0) is 17.4. The van der Waals surface area contributed by atoms with Gasteiger partial charge in [0.15, 0.2) is 6.61 Å². The Labute approximate surface area is 146 Å². The van der Waals surface area contributed by atoms with Gasteiger partial charge in [0.1, 0.15) is 5.75 Å². The van der Waals surface area contributed by atoms with Crippen LogP contribution in [0.25, 0.3) is 0 Å². The highest BCUT2D eigenvalue weighted by atomic mass is 32.2. The van der Waals surface area contributed by atoms with Crippen molar-refractivity contribution in [2.45, 2.75) is 4.90 Å². The maximum absolute atomic E-state index is 12.0. The summed E-state index contributed by atoms with van der Waals surface area (Å²) in [6, 6.07) is 16.8. The second-order valence-electron chi connectivity index (χ2n) is 5.25. The third kappa shape index (κ3) is 5.96. The first-order chi connectivity index (χ1) is 11.5. The Kier molecular flexibility index (Phi) is 6.69. The molecule has 0 aliphatic rings. The molecule has 126 valence electrons. The average molecular weight is 344 g/mol. The lowest BCUT2D eigenvalue weighted by molar-refractivity contribution is -0.130. The van der Waals surface area contributed by atoms with Crippen LogP contribution in [0.2, 0.25) is 0 Å². The molecular formula is C18H20N2O3S. The van der Waals surface area contributed by atoms with Crippen LogP contribution in [-0.2, 0) is 9.59 Å². The van der Waals surface area contributed by atoms with Crippen LogP contribution in [0, 0.1) is 0 Å². The molecule has 0 aromatic heterocycles. The molecule has 0 radical (unpaired) electrons. The van der Waals surface area contributed by atoms with E-state index in [0.717, 1.165) is 4.90 Å². The third-order valence-electron chi connectivity index (χ3n) is 3.09. The summed E-state index contributed by atoms with van der Waals surface area (Å²) in [7, 11) is 3.35. The topological polar surface area (TPSA) is 58.6 Å². The Morgan fingerprint density at radius 1 is 1.08 bits per heavy atom. The number of carbonyl (C=O) groups excluding carboxylic acids is 2. The van der Waals surface area contributed by atoms with Crippen molar-refractivity contribution >= 4 is 29.3 Å². The van der Waals surface area contributed by atoms with Crippen LogP contribution in [0.15, 0.2) is 59.5 Å². The minimum absolute atomic E-state index is 0.0335. The number of carbonyl (C=O) groups is 2. The van der Waals surface area contributed by atoms with Crippen molar-refractivity contribution in [1.29, 1.82) is 0 Å². The predicted molar refractivity (Wildman–Crippen MR) is 96.4 cm³/mol. The maximum atomic E-state index is 12.0. The molecule has 0 aliphatic heterocycles. The van der Waals surface area contributed by atoms with E-state index in [1.165, 1.54) is 16.7 Å². The molecule has 0 unspecified atom stereocenters. The number of nitrogens with zero attached hydrogens (tertiary/aromatic N) is 1. The molecule has 0 fully saturated rings. The molecule has 1 N–H and O–H groups in total. The predicted octanol–water partition coefficient (Wildman–Crippen LogP) is 2.88. The fraction of sp³-hybridized carbons (Fsp3) is 0.222. The van der Waals surface area contributed by atoms with Gasteiger partial charge < -0.3 is 15.0 Å². The highest BCUT2D eigenvalue weighted by Gasteiger charge is 2.07. The molecule has 24 heavy (non-hydrogen) atoms. The quantitative estimate of drug-likeness (QED) is 0.785. The first-order valence-electron chi connectivity index (χ1n) is 7.45. The lowest BCUT2D eigenvalue weighted by Crippen LogP contribution is -2.27. The van der Waals surface area contributed by atoms with Gasteiger partial charge in [-0.15, -0.1) is 11.8 Å². The SMILES string of the molecule is CN(C)C(=O)COc1cccc(NC(=O)CSc2ccccc2)c1. The van der Waals surface area contributed by atoms with Crippen LogP contribution in [0.5, 0.6) is 5.75 Å². The van der Waals surface area contributed by atoms with E-state index in [1.54, 1.807) is 38.4 Å². The zero-order valence-corrected chi connectivity index (χ0v) is 14.5. The van der Waals surface area contributed by atoms with Crippen molar-refractivity contribution in [3.05, 3.63) is 54.6 Å². The molecular weight excluding hydrogens is 324 g/mol. The van der Waals surface area contributed by atoms with Crippen LogP contribution < -0.4 is 10.1 Å². The Morgan fingerprint density at radius 3 is 2.54 bits per heavy atom. The van der Waals surface area contributed by atoms with Crippen LogP contribution in [-0.4, -0.2) is 43.2 Å². The molecule has 0 saturated heterocycles. The summed E-state index contributed by atoms with van der Waals surface area (Å²) < 4.78 is 5.43. The fourth-order valence-electron chi connectivity index (χ4n) is 1.80. The van der Waals surface area contributed by atoms with Gasteiger partial charge in [0.05, 0.1) is 5.75 Å². The number of ether oxygens (including phenoxy) is 1. The molecule has 0 heterocycles. The molecule has 6 heteroatoms. The molecule has 0 saturated carbocycles. The van der Waals surface area contributed by atoms with Gasteiger partial charge in [0.25, 0.3) is 5.91 Å². The molecule has 2 aromatic carbocycles. The van der Waals surface area contributed by atoms with Crippen molar-refractivity contribution < 1.29 is 14.3 Å². The normalized spacial score (nSPS) is 10.1. The fourth-order valence-corrected chi connectivity index (χ4v) is 2.52. The van der Waals surface area contributed by atoms with E-state index >= 15 is 0 Å². The Hall–Kier alpha value is -2.47. The van der Waals surface area contributed by atoms with E-state index in [-0.39, 0.29) is 18.4 Å². The minimum atomic E-state index is -0.122. The number of hydrogen-bond donors (Lipinski definition) is 1. The second-order valence-corrected chi connectivity index (χ2v) is 6.30. The number of benzene rings is 2. The summed E-state index contributed by atoms with van der Waals surface area (Å²) in [6.07, 6.45) is 0. The minimum Gasteiger partial charge on any atom is -0.484 e. The van der Waals surface area contributed by atoms with Crippen molar-refractivity contribution in [2.24, 2.45) is 0 Å². The molecule has 0 aliphatic carbocycles. The summed E-state index contributed by atoms with van der Waals surface area (Å²) in [5, 5.41) is 2.83. The number of amides is 2. The summed E-state index contributed by atoms with van der Waals surface area (Å²) in [5.41, 5.74) is 0.642. The smallest absolute Gasteiger partial charge is 0.259 e. The van der Waals surface area contributed by atoms with Gasteiger partial charge in [0.2, 0.25) is 5.91 Å². The Morgan fingerprint density at radius 2 is 1.83 bits per heavy atom. The first-order valence-corrected chi connectivity index (χ1v) is 8.44. The van der Waals surface area contributed by atoms with E-state index < -0.39 is 0 Å². The van der Waals surface area contributed by atoms with Crippen molar-refractivity contribution in [3.63, 3.8) is 0 Å². The summed E-state index contributed by atoms with van der Waals surface area (Å²) >= 11 is 1.48. The summed E-state index contributed by atoms with van der Waals surface area (Å²) in [4.78, 5) is 26.1. The van der Waals surface area contributed by atoms with Crippen molar-refractivity contribution in [2.75, 3.05) is 31.8 Å². The van der Waals surface area contributed by atoms with E-state index in [9.17, 15) is 9.59 Å². The zero-order valence-electron chi connectivity index (χ0n) is 13.7. The summed E-state index contributed by atoms with van der Waals surface area (Å²) in [5.74, 6) is 0.654. The molecule has 2 amide bonds. The van der Waals surface area contributed by atoms with Gasteiger partial charge in [-0.1, -0.05) is 24.3 Å². The molecule has 0 bridgehead atoms. The van der Waals surface area contributed by atoms with Crippen LogP contribution in [0.1, 0.15) is 0 Å². The van der Waals surface area contributed by atoms with Crippen molar-refractivity contribution in [1.82, 2.24) is 4.90 Å². The van der Waals surface area contributed by atoms with E-state index in [4.69, 9.17) is 4.74 Å². The van der Waals surface area contributed by atoms with Crippen LogP contribution >= 0.6 is 11.8 Å². The van der Waals surface area contributed by atoms with Crippen LogP contribution in [0.3, 0.4) is 0 Å². The molecule has 0 atom stereocenters. The number of anilines is 1. The second kappa shape index (κ2) is 8.98. The Bertz CT molecular complexity index is 690. The maximum Gasteiger partial charge on any atom is 0.259 e. The number of rotatable bonds is 7. The van der Waals surface area contributed by atoms with E-state index in [1.807, 2.05) is 30.3 Å². The molecule has 2 aromatic rings. The van der Waals surface area contributed by atoms with Gasteiger partial charge in [-0.2, -0.15) is 0 Å². The largest absolute Gasteiger partial charge is 0.484 e. The molecule has 0 spiro atoms. The third-order valence-corrected chi connectivity index (χ3v) is 4.10. The van der Waals surface area contributed by atoms with Gasteiger partial charge in [0, 0.05) is 30.7 Å². The van der Waals surface area contributed by atoms with Gasteiger partial charge in [-0.25, -0.2) is 0 Å². The number of hydrogen-bond acceptors (Lipinski definition) is 4. The number of nitrogens with one attached hydrogen (secondary N) is 1. The summed E-state index contributed by atoms with van der Waals surface area (Å²) in [6.45, 7) is -0.0335. The average Bonchev–Trinajstić information content (AvgIpc) is 2.59. The van der Waals surface area contributed by atoms with Crippen LogP contribution in [0.4, 0.5) is 5.69 Å². The first kappa shape index (κ1) is 17.9. The lowest BCUT2D eigenvalue weighted by atomic mass is 10.3. The van der Waals surface area contributed by atoms with E-state index in [0.29, 0.717) is 17.2 Å². The lowest BCUT2D eigenvalue weighted by Gasteiger charge is -2.12. The Balaban J connectivity index is 1.84. The monoisotopic (exact) mass is 344 g/mol. The number of thioether (sulfide) groups is 1. The van der Waals surface area contributed by atoms with Gasteiger partial charge >= 0.3 is 0 Å². The van der Waals surface area contributed by atoms with E-state index in [2.05, 4.69) is 5.32 Å². The van der Waals surface area contributed by atoms with Crippen molar-refractivity contribution in [3.8, 4) is 5.75 Å². The number of likely N-dealkylation sites (N-methyl/N-ethyl adjacent to an activating group) is 1. The highest BCUT2D eigenvalue weighted by Crippen LogP contribution is 2.20. The standard InChI is InChI=1S/C18H20N2O3S/c1-20(2)18(22)12-23-15-8-6-7-14(11-15)19-17(21)13-24-16-9-4-3-5-10-16/h3-11H,12-13H2,1-2H3,(H,19,21). The highest BCUT2D eigenvalue weighted by molar-refractivity contribution is 8.00. The van der Waals surface area contributed by atoms with Gasteiger partial charge in [-0.05, 0) is 24.3 Å². The van der Waals surface area contributed by atoms with Gasteiger partial charge in [-0.3, -0.25) is 9.59 Å².